The summed E-state index contributed by atoms with van der Waals surface area (Å²) in [4.78, 5) is 16.0. The summed E-state index contributed by atoms with van der Waals surface area (Å²) in [5.74, 6) is 0.0899. The highest BCUT2D eigenvalue weighted by Gasteiger charge is 2.26. The molecule has 5 heteroatoms. The Morgan fingerprint density at radius 1 is 1.50 bits per heavy atom. The van der Waals surface area contributed by atoms with Gasteiger partial charge >= 0.3 is 0 Å². The van der Waals surface area contributed by atoms with Gasteiger partial charge in [-0.25, -0.2) is 0 Å². The molecule has 0 unspecified atom stereocenters. The Hall–Kier alpha value is -0.320. The molecule has 1 heterocycles. The van der Waals surface area contributed by atoms with E-state index in [0.29, 0.717) is 6.04 Å². The van der Waals surface area contributed by atoms with E-state index in [2.05, 4.69) is 11.9 Å². The number of likely N-dealkylation sites (N-methyl/N-ethyl adjacent to an activating group) is 1. The zero-order chi connectivity index (χ0) is 11.4. The fourth-order valence-corrected chi connectivity index (χ4v) is 2.00. The van der Waals surface area contributed by atoms with Crippen LogP contribution in [0, 0.1) is 0 Å². The lowest BCUT2D eigenvalue weighted by Gasteiger charge is -2.36. The summed E-state index contributed by atoms with van der Waals surface area (Å²) in [6.45, 7) is 4.10. The van der Waals surface area contributed by atoms with Crippen LogP contribution in [0.4, 0.5) is 0 Å². The molecule has 1 atom stereocenters. The van der Waals surface area contributed by atoms with Crippen molar-refractivity contribution in [1.29, 1.82) is 0 Å². The molecule has 0 bridgehead atoms. The van der Waals surface area contributed by atoms with E-state index in [1.165, 1.54) is 0 Å². The average molecular weight is 250 g/mol. The molecule has 1 amide bonds. The van der Waals surface area contributed by atoms with Gasteiger partial charge < -0.3 is 15.5 Å². The molecule has 1 aliphatic heterocycles. The molecule has 1 saturated heterocycles. The van der Waals surface area contributed by atoms with Crippen molar-refractivity contribution in [2.45, 2.75) is 38.3 Å². The lowest BCUT2D eigenvalue weighted by atomic mass is 10.0. The van der Waals surface area contributed by atoms with E-state index in [4.69, 9.17) is 5.73 Å². The predicted molar refractivity (Wildman–Crippen MR) is 68.8 cm³/mol. The third kappa shape index (κ3) is 3.92. The van der Waals surface area contributed by atoms with Crippen molar-refractivity contribution in [1.82, 2.24) is 9.80 Å². The zero-order valence-corrected chi connectivity index (χ0v) is 11.3. The molecule has 0 aromatic rings. The van der Waals surface area contributed by atoms with Crippen LogP contribution >= 0.6 is 12.4 Å². The van der Waals surface area contributed by atoms with Gasteiger partial charge in [-0.1, -0.05) is 6.92 Å². The minimum absolute atomic E-state index is 0. The van der Waals surface area contributed by atoms with Gasteiger partial charge in [-0.3, -0.25) is 4.79 Å². The smallest absolute Gasteiger partial charge is 0.239 e. The monoisotopic (exact) mass is 249 g/mol. The molecule has 1 aliphatic rings. The fraction of sp³-hybridized carbons (Fsp3) is 0.909. The van der Waals surface area contributed by atoms with E-state index in [1.54, 1.807) is 0 Å². The first-order chi connectivity index (χ1) is 7.06. The minimum atomic E-state index is -0.324. The number of hydrogen-bond donors (Lipinski definition) is 1. The molecule has 0 aromatic carbocycles. The van der Waals surface area contributed by atoms with Crippen LogP contribution in [0.25, 0.3) is 0 Å². The van der Waals surface area contributed by atoms with Crippen LogP contribution in [0.15, 0.2) is 0 Å². The van der Waals surface area contributed by atoms with Crippen molar-refractivity contribution in [2.24, 2.45) is 5.73 Å². The van der Waals surface area contributed by atoms with Crippen LogP contribution in [0.1, 0.15) is 26.2 Å². The van der Waals surface area contributed by atoms with Crippen molar-refractivity contribution in [3.8, 4) is 0 Å². The number of amides is 1. The number of likely N-dealkylation sites (tertiary alicyclic amines) is 1. The lowest BCUT2D eigenvalue weighted by Crippen LogP contribution is -2.49. The van der Waals surface area contributed by atoms with Crippen LogP contribution in [0.2, 0.25) is 0 Å². The molecule has 1 fully saturated rings. The zero-order valence-electron chi connectivity index (χ0n) is 10.5. The molecular weight excluding hydrogens is 226 g/mol. The van der Waals surface area contributed by atoms with Crippen LogP contribution in [-0.2, 0) is 4.79 Å². The first-order valence-corrected chi connectivity index (χ1v) is 5.77. The van der Waals surface area contributed by atoms with Crippen molar-refractivity contribution in [3.05, 3.63) is 0 Å². The van der Waals surface area contributed by atoms with E-state index < -0.39 is 0 Å². The SMILES string of the molecule is CC[C@H](N)C(=O)N(C)C1CCN(C)CC1.Cl. The summed E-state index contributed by atoms with van der Waals surface area (Å²) < 4.78 is 0. The van der Waals surface area contributed by atoms with Gasteiger partial charge in [0, 0.05) is 13.1 Å². The van der Waals surface area contributed by atoms with Gasteiger partial charge in [0.1, 0.15) is 0 Å². The molecule has 0 radical (unpaired) electrons. The summed E-state index contributed by atoms with van der Waals surface area (Å²) in [5.41, 5.74) is 5.75. The van der Waals surface area contributed by atoms with Gasteiger partial charge in [0.05, 0.1) is 6.04 Å². The number of hydrogen-bond acceptors (Lipinski definition) is 3. The quantitative estimate of drug-likeness (QED) is 0.801. The van der Waals surface area contributed by atoms with Gasteiger partial charge in [0.15, 0.2) is 0 Å². The first kappa shape index (κ1) is 15.7. The van der Waals surface area contributed by atoms with E-state index in [1.807, 2.05) is 18.9 Å². The van der Waals surface area contributed by atoms with Crippen LogP contribution in [0.3, 0.4) is 0 Å². The number of carbonyl (C=O) groups excluding carboxylic acids is 1. The molecule has 1 rings (SSSR count). The van der Waals surface area contributed by atoms with Crippen LogP contribution < -0.4 is 5.73 Å². The molecular formula is C11H24ClN3O. The molecule has 96 valence electrons. The van der Waals surface area contributed by atoms with Crippen molar-refractivity contribution < 1.29 is 4.79 Å². The summed E-state index contributed by atoms with van der Waals surface area (Å²) in [7, 11) is 4.00. The Morgan fingerprint density at radius 3 is 2.44 bits per heavy atom. The van der Waals surface area contributed by atoms with Gasteiger partial charge in [0.2, 0.25) is 5.91 Å². The maximum atomic E-state index is 11.8. The van der Waals surface area contributed by atoms with Crippen molar-refractivity contribution >= 4 is 18.3 Å². The Labute approximate surface area is 105 Å². The molecule has 0 aliphatic carbocycles. The van der Waals surface area contributed by atoms with Gasteiger partial charge in [-0.2, -0.15) is 0 Å². The second kappa shape index (κ2) is 7.09. The Kier molecular flexibility index (Phi) is 6.95. The highest BCUT2D eigenvalue weighted by Crippen LogP contribution is 2.14. The summed E-state index contributed by atoms with van der Waals surface area (Å²) in [6.07, 6.45) is 2.85. The standard InChI is InChI=1S/C11H23N3O.ClH/c1-4-10(12)11(15)14(3)9-5-7-13(2)8-6-9;/h9-10H,4-8,12H2,1-3H3;1H/t10-;/m0./s1. The van der Waals surface area contributed by atoms with Crippen molar-refractivity contribution in [3.63, 3.8) is 0 Å². The average Bonchev–Trinajstić information content (AvgIpc) is 2.27. The van der Waals surface area contributed by atoms with Gasteiger partial charge in [-0.15, -0.1) is 12.4 Å². The lowest BCUT2D eigenvalue weighted by molar-refractivity contribution is -0.134. The fourth-order valence-electron chi connectivity index (χ4n) is 2.00. The van der Waals surface area contributed by atoms with E-state index in [9.17, 15) is 4.79 Å². The van der Waals surface area contributed by atoms with Crippen LogP contribution in [-0.4, -0.2) is 55.0 Å². The van der Waals surface area contributed by atoms with E-state index in [-0.39, 0.29) is 24.4 Å². The summed E-state index contributed by atoms with van der Waals surface area (Å²) >= 11 is 0. The maximum absolute atomic E-state index is 11.8. The molecule has 2 N–H and O–H groups in total. The van der Waals surface area contributed by atoms with E-state index in [0.717, 1.165) is 32.4 Å². The Bertz CT molecular complexity index is 217. The third-order valence-electron chi connectivity index (χ3n) is 3.34. The van der Waals surface area contributed by atoms with E-state index >= 15 is 0 Å². The number of halogens is 1. The van der Waals surface area contributed by atoms with Crippen LogP contribution in [0.5, 0.6) is 0 Å². The number of rotatable bonds is 3. The Morgan fingerprint density at radius 2 is 2.00 bits per heavy atom. The number of carbonyl (C=O) groups is 1. The number of nitrogens with two attached hydrogens (primary N) is 1. The molecule has 0 aromatic heterocycles. The minimum Gasteiger partial charge on any atom is -0.341 e. The van der Waals surface area contributed by atoms with Gasteiger partial charge in [-0.05, 0) is 39.4 Å². The largest absolute Gasteiger partial charge is 0.341 e. The topological polar surface area (TPSA) is 49.6 Å². The second-order valence-corrected chi connectivity index (χ2v) is 4.50. The molecule has 0 spiro atoms. The highest BCUT2D eigenvalue weighted by molar-refractivity contribution is 5.85. The third-order valence-corrected chi connectivity index (χ3v) is 3.34. The van der Waals surface area contributed by atoms with Gasteiger partial charge in [0.25, 0.3) is 0 Å². The predicted octanol–water partition coefficient (Wildman–Crippen LogP) is 0.698. The normalized spacial score (nSPS) is 20.0. The molecule has 0 saturated carbocycles. The number of piperidine rings is 1. The van der Waals surface area contributed by atoms with Crippen molar-refractivity contribution in [2.75, 3.05) is 27.2 Å². The second-order valence-electron chi connectivity index (χ2n) is 4.50. The highest BCUT2D eigenvalue weighted by atomic mass is 35.5. The summed E-state index contributed by atoms with van der Waals surface area (Å²) in [6, 6.07) is 0.0564. The maximum Gasteiger partial charge on any atom is 0.239 e. The summed E-state index contributed by atoms with van der Waals surface area (Å²) in [5, 5.41) is 0. The molecule has 4 nitrogen and oxygen atoms in total. The Balaban J connectivity index is 0.00000225. The molecule has 16 heavy (non-hydrogen) atoms. The first-order valence-electron chi connectivity index (χ1n) is 5.77. The number of nitrogens with zero attached hydrogens (tertiary/aromatic N) is 2.